The first kappa shape index (κ1) is 15.3. The third-order valence-corrected chi connectivity index (χ3v) is 5.48. The van der Waals surface area contributed by atoms with Crippen LogP contribution < -0.4 is 4.90 Å². The maximum atomic E-state index is 11.2. The van der Waals surface area contributed by atoms with E-state index in [-0.39, 0.29) is 10.6 Å². The van der Waals surface area contributed by atoms with E-state index in [0.29, 0.717) is 21.8 Å². The lowest BCUT2D eigenvalue weighted by Crippen LogP contribution is -2.35. The molecule has 0 bridgehead atoms. The van der Waals surface area contributed by atoms with Crippen LogP contribution in [0.15, 0.2) is 6.07 Å². The van der Waals surface area contributed by atoms with Crippen LogP contribution in [0.3, 0.4) is 0 Å². The van der Waals surface area contributed by atoms with Crippen molar-refractivity contribution in [2.75, 3.05) is 11.9 Å². The molecule has 0 aliphatic heterocycles. The second-order valence-corrected chi connectivity index (χ2v) is 6.87. The van der Waals surface area contributed by atoms with E-state index < -0.39 is 6.10 Å². The number of hydrogen-bond donors (Lipinski definition) is 1. The number of aliphatic hydroxyl groups is 1. The highest BCUT2D eigenvalue weighted by molar-refractivity contribution is 7.16. The molecule has 112 valence electrons. The predicted molar refractivity (Wildman–Crippen MR) is 81.4 cm³/mol. The zero-order valence-corrected chi connectivity index (χ0v) is 13.0. The molecule has 3 atom stereocenters. The maximum Gasteiger partial charge on any atom is 0.304 e. The van der Waals surface area contributed by atoms with Gasteiger partial charge in [0.2, 0.25) is 0 Å². The maximum absolute atomic E-state index is 11.2. The molecule has 0 spiro atoms. The third kappa shape index (κ3) is 3.12. The van der Waals surface area contributed by atoms with E-state index in [4.69, 9.17) is 0 Å². The molecule has 0 saturated heterocycles. The van der Waals surface area contributed by atoms with Crippen molar-refractivity contribution >= 4 is 22.0 Å². The number of hydrogen-bond acceptors (Lipinski definition) is 5. The molecular weight excluding hydrogens is 276 g/mol. The quantitative estimate of drug-likeness (QED) is 0.679. The number of aliphatic hydroxyl groups excluding tert-OH is 1. The Hall–Kier alpha value is -1.14. The van der Waals surface area contributed by atoms with Crippen LogP contribution in [0.5, 0.6) is 0 Å². The number of nitrogens with zero attached hydrogens (tertiary/aromatic N) is 2. The van der Waals surface area contributed by atoms with Crippen molar-refractivity contribution in [3.8, 4) is 0 Å². The third-order valence-electron chi connectivity index (χ3n) is 4.10. The van der Waals surface area contributed by atoms with Gasteiger partial charge in [-0.2, -0.15) is 0 Å². The highest BCUT2D eigenvalue weighted by atomic mass is 32.1. The average Bonchev–Trinajstić information content (AvgIpc) is 2.83. The van der Waals surface area contributed by atoms with Gasteiger partial charge in [-0.1, -0.05) is 19.8 Å². The van der Waals surface area contributed by atoms with E-state index in [2.05, 4.69) is 6.92 Å². The Morgan fingerprint density at radius 3 is 2.80 bits per heavy atom. The van der Waals surface area contributed by atoms with Gasteiger partial charge in [0.15, 0.2) is 5.00 Å². The summed E-state index contributed by atoms with van der Waals surface area (Å²) in [7, 11) is 1.94. The molecule has 1 aromatic rings. The fourth-order valence-corrected chi connectivity index (χ4v) is 3.99. The van der Waals surface area contributed by atoms with E-state index in [1.165, 1.54) is 30.2 Å². The van der Waals surface area contributed by atoms with E-state index in [9.17, 15) is 15.2 Å². The number of anilines is 1. The van der Waals surface area contributed by atoms with Gasteiger partial charge in [-0.05, 0) is 25.7 Å². The molecule has 2 unspecified atom stereocenters. The standard InChI is InChI=1S/C14H22N2O3S/c1-9-5-4-6-11(7-9)15(3)14-12(16(18)19)8-13(20-14)10(2)17/h8-11,17H,4-7H2,1-3H3/t9?,10-,11?/m1/s1. The van der Waals surface area contributed by atoms with E-state index in [0.717, 1.165) is 12.8 Å². The summed E-state index contributed by atoms with van der Waals surface area (Å²) in [6, 6.07) is 1.87. The van der Waals surface area contributed by atoms with Gasteiger partial charge < -0.3 is 10.0 Å². The van der Waals surface area contributed by atoms with Crippen molar-refractivity contribution < 1.29 is 10.0 Å². The molecule has 6 heteroatoms. The van der Waals surface area contributed by atoms with Crippen LogP contribution in [0.2, 0.25) is 0 Å². The summed E-state index contributed by atoms with van der Waals surface area (Å²) in [5.41, 5.74) is 0.117. The number of thiophene rings is 1. The molecule has 1 aromatic heterocycles. The predicted octanol–water partition coefficient (Wildman–Crippen LogP) is 3.72. The van der Waals surface area contributed by atoms with Gasteiger partial charge in [-0.3, -0.25) is 10.1 Å². The van der Waals surface area contributed by atoms with Gasteiger partial charge in [-0.25, -0.2) is 0 Å². The van der Waals surface area contributed by atoms with Crippen LogP contribution in [-0.2, 0) is 0 Å². The summed E-state index contributed by atoms with van der Waals surface area (Å²) in [6.07, 6.45) is 3.93. The molecule has 0 amide bonds. The Morgan fingerprint density at radius 1 is 1.55 bits per heavy atom. The molecule has 2 rings (SSSR count). The van der Waals surface area contributed by atoms with Crippen LogP contribution in [-0.4, -0.2) is 23.1 Å². The van der Waals surface area contributed by atoms with Crippen molar-refractivity contribution in [1.29, 1.82) is 0 Å². The molecule has 1 fully saturated rings. The lowest BCUT2D eigenvalue weighted by atomic mass is 9.86. The first-order chi connectivity index (χ1) is 9.40. The largest absolute Gasteiger partial charge is 0.388 e. The normalized spacial score (nSPS) is 24.4. The van der Waals surface area contributed by atoms with Gasteiger partial charge >= 0.3 is 5.69 Å². The summed E-state index contributed by atoms with van der Waals surface area (Å²) in [5, 5.41) is 21.5. The van der Waals surface area contributed by atoms with Crippen molar-refractivity contribution in [2.24, 2.45) is 5.92 Å². The summed E-state index contributed by atoms with van der Waals surface area (Å²) >= 11 is 1.33. The fraction of sp³-hybridized carbons (Fsp3) is 0.714. The molecule has 0 radical (unpaired) electrons. The van der Waals surface area contributed by atoms with Crippen molar-refractivity contribution in [3.63, 3.8) is 0 Å². The zero-order valence-electron chi connectivity index (χ0n) is 12.2. The van der Waals surface area contributed by atoms with Crippen LogP contribution in [0.1, 0.15) is 50.5 Å². The summed E-state index contributed by atoms with van der Waals surface area (Å²) in [5.74, 6) is 0.673. The van der Waals surface area contributed by atoms with Gasteiger partial charge in [0.1, 0.15) is 0 Å². The van der Waals surface area contributed by atoms with Crippen LogP contribution in [0.25, 0.3) is 0 Å². The van der Waals surface area contributed by atoms with Gasteiger partial charge in [0, 0.05) is 24.0 Å². The van der Waals surface area contributed by atoms with Crippen molar-refractivity contribution in [2.45, 2.75) is 51.7 Å². The Balaban J connectivity index is 2.27. The molecule has 1 heterocycles. The molecule has 0 aromatic carbocycles. The van der Waals surface area contributed by atoms with Crippen molar-refractivity contribution in [1.82, 2.24) is 0 Å². The van der Waals surface area contributed by atoms with Crippen LogP contribution >= 0.6 is 11.3 Å². The summed E-state index contributed by atoms with van der Waals surface area (Å²) in [4.78, 5) is 13.6. The van der Waals surface area contributed by atoms with Gasteiger partial charge in [0.05, 0.1) is 11.0 Å². The minimum Gasteiger partial charge on any atom is -0.388 e. The van der Waals surface area contributed by atoms with E-state index in [1.54, 1.807) is 6.92 Å². The number of rotatable bonds is 4. The molecule has 1 saturated carbocycles. The minimum absolute atomic E-state index is 0.117. The molecule has 5 nitrogen and oxygen atoms in total. The monoisotopic (exact) mass is 298 g/mol. The molecule has 1 N–H and O–H groups in total. The zero-order chi connectivity index (χ0) is 14.9. The highest BCUT2D eigenvalue weighted by Crippen LogP contribution is 2.42. The van der Waals surface area contributed by atoms with Gasteiger partial charge in [-0.15, -0.1) is 11.3 Å². The SMILES string of the molecule is CC1CCCC(N(C)c2sc([C@@H](C)O)cc2[N+](=O)[O-])C1. The topological polar surface area (TPSA) is 66.6 Å². The second kappa shape index (κ2) is 6.10. The molecule has 20 heavy (non-hydrogen) atoms. The van der Waals surface area contributed by atoms with Crippen LogP contribution in [0.4, 0.5) is 10.7 Å². The molecule has 1 aliphatic carbocycles. The Labute approximate surface area is 123 Å². The van der Waals surface area contributed by atoms with Gasteiger partial charge in [0.25, 0.3) is 0 Å². The first-order valence-electron chi connectivity index (χ1n) is 7.09. The van der Waals surface area contributed by atoms with E-state index >= 15 is 0 Å². The Bertz CT molecular complexity index is 487. The Morgan fingerprint density at radius 2 is 2.25 bits per heavy atom. The lowest BCUT2D eigenvalue weighted by molar-refractivity contribution is -0.383. The second-order valence-electron chi connectivity index (χ2n) is 5.81. The summed E-state index contributed by atoms with van der Waals surface area (Å²) < 4.78 is 0. The Kier molecular flexibility index (Phi) is 4.65. The lowest BCUT2D eigenvalue weighted by Gasteiger charge is -2.34. The van der Waals surface area contributed by atoms with E-state index in [1.807, 2.05) is 11.9 Å². The number of nitro groups is 1. The highest BCUT2D eigenvalue weighted by Gasteiger charge is 2.29. The smallest absolute Gasteiger partial charge is 0.304 e. The molecular formula is C14H22N2O3S. The molecule has 1 aliphatic rings. The summed E-state index contributed by atoms with van der Waals surface area (Å²) in [6.45, 7) is 3.88. The minimum atomic E-state index is -0.661. The first-order valence-corrected chi connectivity index (χ1v) is 7.90. The van der Waals surface area contributed by atoms with Crippen LogP contribution in [0, 0.1) is 16.0 Å². The fourth-order valence-electron chi connectivity index (χ4n) is 2.90. The average molecular weight is 298 g/mol. The van der Waals surface area contributed by atoms with Crippen molar-refractivity contribution in [3.05, 3.63) is 21.1 Å².